The van der Waals surface area contributed by atoms with E-state index in [4.69, 9.17) is 18.9 Å². The number of likely N-dealkylation sites (N-methyl/N-ethyl adjacent to an activating group) is 1. The first-order valence-corrected chi connectivity index (χ1v) is 28.0. The smallest absolute Gasteiger partial charge is 0.361 e. The number of nitrogens with zero attached hydrogens (tertiary/aromatic N) is 1. The van der Waals surface area contributed by atoms with Crippen LogP contribution < -0.4 is 0 Å². The predicted octanol–water partition coefficient (Wildman–Crippen LogP) is 16.1. The lowest BCUT2D eigenvalue weighted by Crippen LogP contribution is -2.40. The van der Waals surface area contributed by atoms with Gasteiger partial charge in [-0.15, -0.1) is 0 Å². The van der Waals surface area contributed by atoms with Crippen molar-refractivity contribution in [2.75, 3.05) is 47.5 Å². The van der Waals surface area contributed by atoms with Crippen LogP contribution in [0.4, 0.5) is 0 Å². The van der Waals surface area contributed by atoms with Crippen LogP contribution in [0.1, 0.15) is 239 Å². The molecule has 0 heterocycles. The summed E-state index contributed by atoms with van der Waals surface area (Å²) < 4.78 is 22.7. The third kappa shape index (κ3) is 50.9. The Morgan fingerprint density at radius 2 is 0.838 bits per heavy atom. The number of ether oxygens (including phenoxy) is 4. The van der Waals surface area contributed by atoms with Crippen LogP contribution in [0.25, 0.3) is 0 Å². The van der Waals surface area contributed by atoms with E-state index in [1.54, 1.807) is 0 Å². The second kappa shape index (κ2) is 50.4. The molecule has 0 fully saturated rings. The SMILES string of the molecule is CC/C=C\C/C=C\C/C=C\C/C=C\C/C=C\CCCCCCCCCCCCCCCCCCCCCC(=O)OC(COC(=O)CCCCCCCCCC)COC(OCC[N+](C)(C)C)C(=O)O. The van der Waals surface area contributed by atoms with Crippen molar-refractivity contribution >= 4 is 17.9 Å². The van der Waals surface area contributed by atoms with Gasteiger partial charge in [-0.05, 0) is 57.8 Å². The van der Waals surface area contributed by atoms with E-state index in [0.29, 0.717) is 17.4 Å². The predicted molar refractivity (Wildman–Crippen MR) is 286 cm³/mol. The molecule has 0 aliphatic heterocycles. The van der Waals surface area contributed by atoms with E-state index >= 15 is 0 Å². The number of unbranched alkanes of at least 4 members (excludes halogenated alkanes) is 26. The molecule has 0 amide bonds. The molecule has 0 aromatic rings. The van der Waals surface area contributed by atoms with Crippen LogP contribution in [0, 0.1) is 0 Å². The number of aliphatic carboxylic acids is 1. The zero-order valence-corrected chi connectivity index (χ0v) is 44.8. The number of carbonyl (C=O) groups excluding carboxylic acids is 2. The lowest BCUT2D eigenvalue weighted by atomic mass is 10.0. The maximum absolute atomic E-state index is 12.8. The molecule has 0 bridgehead atoms. The number of allylic oxidation sites excluding steroid dienone is 10. The Morgan fingerprint density at radius 3 is 1.25 bits per heavy atom. The summed E-state index contributed by atoms with van der Waals surface area (Å²) in [6.45, 7) is 4.74. The van der Waals surface area contributed by atoms with E-state index in [0.717, 1.165) is 70.6 Å². The Bertz CT molecular complexity index is 1300. The number of carbonyl (C=O) groups is 3. The molecule has 2 unspecified atom stereocenters. The number of carboxylic acid groups (broad SMARTS) is 1. The van der Waals surface area contributed by atoms with Gasteiger partial charge in [0.2, 0.25) is 0 Å². The second-order valence-electron chi connectivity index (χ2n) is 19.9. The topological polar surface area (TPSA) is 108 Å². The van der Waals surface area contributed by atoms with Gasteiger partial charge in [0, 0.05) is 12.8 Å². The number of carboxylic acids is 1. The monoisotopic (exact) mass is 957 g/mol. The van der Waals surface area contributed by atoms with Gasteiger partial charge in [-0.3, -0.25) is 9.59 Å². The molecule has 1 N–H and O–H groups in total. The third-order valence-corrected chi connectivity index (χ3v) is 12.0. The van der Waals surface area contributed by atoms with Crippen molar-refractivity contribution in [3.05, 3.63) is 60.8 Å². The highest BCUT2D eigenvalue weighted by atomic mass is 16.7. The van der Waals surface area contributed by atoms with Gasteiger partial charge in [0.05, 0.1) is 34.4 Å². The van der Waals surface area contributed by atoms with Crippen LogP contribution in [0.2, 0.25) is 0 Å². The van der Waals surface area contributed by atoms with E-state index in [1.807, 2.05) is 21.1 Å². The molecule has 0 saturated heterocycles. The first-order valence-electron chi connectivity index (χ1n) is 28.0. The summed E-state index contributed by atoms with van der Waals surface area (Å²) in [7, 11) is 5.96. The molecule has 2 atom stereocenters. The van der Waals surface area contributed by atoms with Gasteiger partial charge in [-0.2, -0.15) is 0 Å². The summed E-state index contributed by atoms with van der Waals surface area (Å²) in [4.78, 5) is 37.1. The molecule has 9 heteroatoms. The molecule has 0 aromatic heterocycles. The fourth-order valence-electron chi connectivity index (χ4n) is 7.75. The summed E-state index contributed by atoms with van der Waals surface area (Å²) in [6.07, 6.45) is 60.5. The van der Waals surface area contributed by atoms with E-state index in [1.165, 1.54) is 141 Å². The zero-order valence-electron chi connectivity index (χ0n) is 44.8. The summed E-state index contributed by atoms with van der Waals surface area (Å²) in [6, 6.07) is 0. The number of quaternary nitrogens is 1. The molecule has 394 valence electrons. The van der Waals surface area contributed by atoms with Gasteiger partial charge in [-0.25, -0.2) is 4.79 Å². The first kappa shape index (κ1) is 65.0. The van der Waals surface area contributed by atoms with Gasteiger partial charge in [0.25, 0.3) is 6.29 Å². The van der Waals surface area contributed by atoms with Gasteiger partial charge in [-0.1, -0.05) is 229 Å². The highest BCUT2D eigenvalue weighted by Gasteiger charge is 2.25. The molecule has 0 saturated carbocycles. The summed E-state index contributed by atoms with van der Waals surface area (Å²) in [5.41, 5.74) is 0. The molecule has 0 aromatic carbocycles. The Balaban J connectivity index is 3.96. The fourth-order valence-corrected chi connectivity index (χ4v) is 7.75. The summed E-state index contributed by atoms with van der Waals surface area (Å²) in [5, 5.41) is 9.64. The first-order chi connectivity index (χ1) is 33.1. The Morgan fingerprint density at radius 1 is 0.456 bits per heavy atom. The molecule has 0 radical (unpaired) electrons. The third-order valence-electron chi connectivity index (χ3n) is 12.0. The largest absolute Gasteiger partial charge is 0.477 e. The van der Waals surface area contributed by atoms with Gasteiger partial charge >= 0.3 is 17.9 Å². The zero-order chi connectivity index (χ0) is 49.9. The van der Waals surface area contributed by atoms with Crippen LogP contribution >= 0.6 is 0 Å². The highest BCUT2D eigenvalue weighted by molar-refractivity contribution is 5.71. The van der Waals surface area contributed by atoms with Crippen molar-refractivity contribution in [2.24, 2.45) is 0 Å². The average molecular weight is 957 g/mol. The van der Waals surface area contributed by atoms with Crippen molar-refractivity contribution in [1.82, 2.24) is 0 Å². The van der Waals surface area contributed by atoms with Crippen molar-refractivity contribution in [3.8, 4) is 0 Å². The molecule has 0 rings (SSSR count). The molecule has 0 spiro atoms. The molecular weight excluding hydrogens is 851 g/mol. The van der Waals surface area contributed by atoms with Crippen LogP contribution in [0.5, 0.6) is 0 Å². The molecule has 9 nitrogen and oxygen atoms in total. The summed E-state index contributed by atoms with van der Waals surface area (Å²) in [5.74, 6) is -2.00. The van der Waals surface area contributed by atoms with E-state index in [2.05, 4.69) is 74.6 Å². The number of esters is 2. The number of hydrogen-bond donors (Lipinski definition) is 1. The van der Waals surface area contributed by atoms with E-state index < -0.39 is 24.3 Å². The number of rotatable bonds is 51. The normalized spacial score (nSPS) is 13.2. The van der Waals surface area contributed by atoms with Crippen molar-refractivity contribution in [3.63, 3.8) is 0 Å². The number of hydrogen-bond acceptors (Lipinski definition) is 7. The Labute approximate surface area is 418 Å². The van der Waals surface area contributed by atoms with Gasteiger partial charge < -0.3 is 28.5 Å². The minimum Gasteiger partial charge on any atom is -0.477 e. The standard InChI is InChI=1S/C59H105NO8/c1-6-8-10-12-14-16-17-18-19-20-21-22-23-24-25-26-27-28-29-30-31-32-33-34-35-36-37-38-39-40-41-42-44-46-48-50-57(62)68-55(54-67-59(58(63)64)65-52-51-60(3,4)5)53-66-56(61)49-47-45-43-15-13-11-9-7-2/h8,10,14,16,18-19,21-22,24-25,55,59H,6-7,9,11-13,15,17,20,23,26-54H2,1-5H3/p+1/b10-8-,16-14-,19-18-,22-21-,25-24-. The van der Waals surface area contributed by atoms with Crippen molar-refractivity contribution in [2.45, 2.75) is 251 Å². The summed E-state index contributed by atoms with van der Waals surface area (Å²) >= 11 is 0. The average Bonchev–Trinajstić information content (AvgIpc) is 3.30. The van der Waals surface area contributed by atoms with Crippen LogP contribution in [-0.4, -0.2) is 87.4 Å². The minimum atomic E-state index is -1.51. The van der Waals surface area contributed by atoms with Gasteiger partial charge in [0.15, 0.2) is 6.10 Å². The molecular formula is C59H106NO8+. The lowest BCUT2D eigenvalue weighted by Gasteiger charge is -2.25. The van der Waals surface area contributed by atoms with E-state index in [9.17, 15) is 19.5 Å². The van der Waals surface area contributed by atoms with E-state index in [-0.39, 0.29) is 32.2 Å². The maximum atomic E-state index is 12.8. The Hall–Kier alpha value is -3.01. The molecule has 0 aliphatic rings. The lowest BCUT2D eigenvalue weighted by molar-refractivity contribution is -0.870. The van der Waals surface area contributed by atoms with Crippen LogP contribution in [0.3, 0.4) is 0 Å². The minimum absolute atomic E-state index is 0.179. The molecule has 68 heavy (non-hydrogen) atoms. The second-order valence-corrected chi connectivity index (χ2v) is 19.9. The fraction of sp³-hybridized carbons (Fsp3) is 0.780. The maximum Gasteiger partial charge on any atom is 0.361 e. The quantitative estimate of drug-likeness (QED) is 0.0211. The highest BCUT2D eigenvalue weighted by Crippen LogP contribution is 2.16. The van der Waals surface area contributed by atoms with Gasteiger partial charge in [0.1, 0.15) is 13.2 Å². The van der Waals surface area contributed by atoms with Crippen LogP contribution in [0.15, 0.2) is 60.8 Å². The van der Waals surface area contributed by atoms with Crippen molar-refractivity contribution < 1.29 is 42.9 Å². The molecule has 0 aliphatic carbocycles. The van der Waals surface area contributed by atoms with Crippen molar-refractivity contribution in [1.29, 1.82) is 0 Å². The van der Waals surface area contributed by atoms with Crippen LogP contribution in [-0.2, 0) is 33.3 Å². The Kier molecular flexibility index (Phi) is 48.2.